The number of hydrazine groups is 1. The van der Waals surface area contributed by atoms with E-state index in [0.29, 0.717) is 0 Å². The zero-order valence-corrected chi connectivity index (χ0v) is 7.02. The number of hydrogen-bond acceptors (Lipinski definition) is 2. The van der Waals surface area contributed by atoms with Gasteiger partial charge in [-0.25, -0.2) is 5.43 Å². The van der Waals surface area contributed by atoms with Crippen molar-refractivity contribution in [3.05, 3.63) is 29.8 Å². The van der Waals surface area contributed by atoms with Crippen molar-refractivity contribution in [1.82, 2.24) is 5.43 Å². The van der Waals surface area contributed by atoms with Gasteiger partial charge in [0.15, 0.2) is 0 Å². The average molecular weight is 150 g/mol. The Hall–Kier alpha value is -1.02. The lowest BCUT2D eigenvalue weighted by molar-refractivity contribution is 0.983. The van der Waals surface area contributed by atoms with Crippen molar-refractivity contribution in [3.63, 3.8) is 0 Å². The molecule has 2 N–H and O–H groups in total. The van der Waals surface area contributed by atoms with Crippen molar-refractivity contribution >= 4 is 5.69 Å². The first kappa shape index (κ1) is 8.08. The van der Waals surface area contributed by atoms with E-state index in [4.69, 9.17) is 0 Å². The lowest BCUT2D eigenvalue weighted by Crippen LogP contribution is -2.14. The summed E-state index contributed by atoms with van der Waals surface area (Å²) in [5.41, 5.74) is 8.35. The summed E-state index contributed by atoms with van der Waals surface area (Å²) in [6.45, 7) is 2.15. The van der Waals surface area contributed by atoms with Crippen LogP contribution in [-0.4, -0.2) is 7.05 Å². The maximum atomic E-state index is 3.01. The highest BCUT2D eigenvalue weighted by atomic mass is 15.3. The maximum absolute atomic E-state index is 3.01. The third-order valence-corrected chi connectivity index (χ3v) is 1.63. The van der Waals surface area contributed by atoms with E-state index in [-0.39, 0.29) is 0 Å². The Kier molecular flexibility index (Phi) is 2.93. The predicted octanol–water partition coefficient (Wildman–Crippen LogP) is 1.80. The lowest BCUT2D eigenvalue weighted by Gasteiger charge is -2.03. The van der Waals surface area contributed by atoms with Crippen molar-refractivity contribution in [3.8, 4) is 0 Å². The molecule has 2 heteroatoms. The van der Waals surface area contributed by atoms with E-state index in [0.717, 1.165) is 12.1 Å². The summed E-state index contributed by atoms with van der Waals surface area (Å²) in [6.07, 6.45) is 1.10. The highest BCUT2D eigenvalue weighted by Gasteiger charge is 1.89. The molecule has 0 aromatic heterocycles. The minimum Gasteiger partial charge on any atom is -0.322 e. The standard InChI is InChI=1S/C9H14N2/c1-3-8-4-6-9(7-5-8)11-10-2/h4-7,10-11H,3H2,1-2H3. The van der Waals surface area contributed by atoms with Crippen molar-refractivity contribution < 1.29 is 0 Å². The largest absolute Gasteiger partial charge is 0.322 e. The maximum Gasteiger partial charge on any atom is 0.0487 e. The number of aryl methyl sites for hydroxylation is 1. The zero-order chi connectivity index (χ0) is 8.10. The quantitative estimate of drug-likeness (QED) is 0.642. The smallest absolute Gasteiger partial charge is 0.0487 e. The molecule has 0 bridgehead atoms. The number of hydrogen-bond donors (Lipinski definition) is 2. The van der Waals surface area contributed by atoms with E-state index in [2.05, 4.69) is 42.0 Å². The first-order valence-electron chi connectivity index (χ1n) is 3.88. The molecule has 1 aromatic rings. The molecular weight excluding hydrogens is 136 g/mol. The first-order valence-corrected chi connectivity index (χ1v) is 3.88. The third-order valence-electron chi connectivity index (χ3n) is 1.63. The third kappa shape index (κ3) is 2.24. The molecule has 11 heavy (non-hydrogen) atoms. The molecule has 0 spiro atoms. The average Bonchev–Trinajstić information content (AvgIpc) is 2.07. The van der Waals surface area contributed by atoms with Gasteiger partial charge in [-0.3, -0.25) is 0 Å². The van der Waals surface area contributed by atoms with E-state index in [1.165, 1.54) is 5.56 Å². The summed E-state index contributed by atoms with van der Waals surface area (Å²) in [5, 5.41) is 0. The molecule has 0 saturated carbocycles. The van der Waals surface area contributed by atoms with E-state index < -0.39 is 0 Å². The Morgan fingerprint density at radius 1 is 1.18 bits per heavy atom. The van der Waals surface area contributed by atoms with Crippen molar-refractivity contribution in [2.24, 2.45) is 0 Å². The SMILES string of the molecule is CCc1ccc(NNC)cc1. The number of benzene rings is 1. The summed E-state index contributed by atoms with van der Waals surface area (Å²) in [7, 11) is 1.85. The highest BCUT2D eigenvalue weighted by molar-refractivity contribution is 5.43. The highest BCUT2D eigenvalue weighted by Crippen LogP contribution is 2.08. The minimum absolute atomic E-state index is 1.10. The summed E-state index contributed by atoms with van der Waals surface area (Å²) in [4.78, 5) is 0. The Morgan fingerprint density at radius 3 is 2.27 bits per heavy atom. The fraction of sp³-hybridized carbons (Fsp3) is 0.333. The second kappa shape index (κ2) is 3.98. The Morgan fingerprint density at radius 2 is 1.82 bits per heavy atom. The summed E-state index contributed by atoms with van der Waals surface area (Å²) in [5.74, 6) is 0. The van der Waals surface area contributed by atoms with Crippen LogP contribution in [0.3, 0.4) is 0 Å². The van der Waals surface area contributed by atoms with Gasteiger partial charge in [0, 0.05) is 12.7 Å². The van der Waals surface area contributed by atoms with Gasteiger partial charge in [0.25, 0.3) is 0 Å². The van der Waals surface area contributed by atoms with Crippen LogP contribution in [-0.2, 0) is 6.42 Å². The van der Waals surface area contributed by atoms with Crippen molar-refractivity contribution in [2.75, 3.05) is 12.5 Å². The molecule has 0 fully saturated rings. The minimum atomic E-state index is 1.10. The second-order valence-electron chi connectivity index (χ2n) is 2.43. The predicted molar refractivity (Wildman–Crippen MR) is 48.5 cm³/mol. The molecule has 0 radical (unpaired) electrons. The van der Waals surface area contributed by atoms with Crippen LogP contribution in [0.25, 0.3) is 0 Å². The Bertz CT molecular complexity index is 203. The molecule has 2 nitrogen and oxygen atoms in total. The monoisotopic (exact) mass is 150 g/mol. The fourth-order valence-electron chi connectivity index (χ4n) is 0.968. The van der Waals surface area contributed by atoms with Crippen LogP contribution < -0.4 is 10.9 Å². The lowest BCUT2D eigenvalue weighted by atomic mass is 10.2. The molecule has 0 saturated heterocycles. The van der Waals surface area contributed by atoms with E-state index in [1.54, 1.807) is 0 Å². The second-order valence-corrected chi connectivity index (χ2v) is 2.43. The van der Waals surface area contributed by atoms with Crippen LogP contribution >= 0.6 is 0 Å². The van der Waals surface area contributed by atoms with Crippen molar-refractivity contribution in [1.29, 1.82) is 0 Å². The molecule has 60 valence electrons. The van der Waals surface area contributed by atoms with Crippen LogP contribution in [0.4, 0.5) is 5.69 Å². The van der Waals surface area contributed by atoms with Crippen LogP contribution in [0.2, 0.25) is 0 Å². The molecule has 0 aliphatic carbocycles. The van der Waals surface area contributed by atoms with E-state index in [1.807, 2.05) is 7.05 Å². The molecule has 1 rings (SSSR count). The van der Waals surface area contributed by atoms with Gasteiger partial charge >= 0.3 is 0 Å². The van der Waals surface area contributed by atoms with Gasteiger partial charge in [-0.05, 0) is 24.1 Å². The summed E-state index contributed by atoms with van der Waals surface area (Å²) >= 11 is 0. The van der Waals surface area contributed by atoms with Gasteiger partial charge in [0.1, 0.15) is 0 Å². The van der Waals surface area contributed by atoms with Crippen LogP contribution in [0.5, 0.6) is 0 Å². The normalized spacial score (nSPS) is 9.64. The zero-order valence-electron chi connectivity index (χ0n) is 7.02. The van der Waals surface area contributed by atoms with Gasteiger partial charge in [-0.2, -0.15) is 0 Å². The number of rotatable bonds is 3. The Balaban J connectivity index is 2.66. The van der Waals surface area contributed by atoms with Gasteiger partial charge in [0.2, 0.25) is 0 Å². The molecule has 1 aromatic carbocycles. The van der Waals surface area contributed by atoms with E-state index in [9.17, 15) is 0 Å². The van der Waals surface area contributed by atoms with Crippen LogP contribution in [0.15, 0.2) is 24.3 Å². The summed E-state index contributed by atoms with van der Waals surface area (Å²) < 4.78 is 0. The van der Waals surface area contributed by atoms with E-state index >= 15 is 0 Å². The molecule has 0 atom stereocenters. The number of nitrogens with one attached hydrogen (secondary N) is 2. The summed E-state index contributed by atoms with van der Waals surface area (Å²) in [6, 6.07) is 8.38. The topological polar surface area (TPSA) is 24.1 Å². The molecular formula is C9H14N2. The molecule has 0 aliphatic rings. The fourth-order valence-corrected chi connectivity index (χ4v) is 0.968. The first-order chi connectivity index (χ1) is 5.36. The van der Waals surface area contributed by atoms with Gasteiger partial charge in [-0.1, -0.05) is 19.1 Å². The number of anilines is 1. The molecule has 0 aliphatic heterocycles. The van der Waals surface area contributed by atoms with Crippen LogP contribution in [0.1, 0.15) is 12.5 Å². The van der Waals surface area contributed by atoms with Crippen LogP contribution in [0, 0.1) is 0 Å². The molecule has 0 heterocycles. The van der Waals surface area contributed by atoms with Crippen molar-refractivity contribution in [2.45, 2.75) is 13.3 Å². The molecule has 0 amide bonds. The molecule has 0 unspecified atom stereocenters. The van der Waals surface area contributed by atoms with Gasteiger partial charge in [-0.15, -0.1) is 0 Å². The van der Waals surface area contributed by atoms with Gasteiger partial charge < -0.3 is 5.43 Å². The Labute approximate surface area is 67.6 Å². The van der Waals surface area contributed by atoms with Gasteiger partial charge in [0.05, 0.1) is 0 Å².